The molecule has 0 saturated heterocycles. The van der Waals surface area contributed by atoms with Crippen LogP contribution in [-0.2, 0) is 10.0 Å². The molecule has 1 aromatic carbocycles. The fourth-order valence-corrected chi connectivity index (χ4v) is 3.47. The molecular formula is C14H23BrN2O2S. The molecule has 0 aliphatic carbocycles. The second-order valence-electron chi connectivity index (χ2n) is 4.81. The fourth-order valence-electron chi connectivity index (χ4n) is 1.79. The lowest BCUT2D eigenvalue weighted by atomic mass is 10.2. The minimum atomic E-state index is -3.27. The Kier molecular flexibility index (Phi) is 7.55. The molecule has 0 amide bonds. The van der Waals surface area contributed by atoms with Crippen molar-refractivity contribution in [2.45, 2.75) is 33.1 Å². The molecule has 2 N–H and O–H groups in total. The van der Waals surface area contributed by atoms with Crippen LogP contribution in [0.2, 0.25) is 0 Å². The molecule has 0 spiro atoms. The van der Waals surface area contributed by atoms with Gasteiger partial charge in [0.15, 0.2) is 0 Å². The van der Waals surface area contributed by atoms with Gasteiger partial charge in [-0.1, -0.05) is 19.1 Å². The zero-order valence-electron chi connectivity index (χ0n) is 12.1. The van der Waals surface area contributed by atoms with Gasteiger partial charge in [-0.15, -0.1) is 0 Å². The predicted molar refractivity (Wildman–Crippen MR) is 88.7 cm³/mol. The number of hydrogen-bond acceptors (Lipinski definition) is 3. The zero-order chi connectivity index (χ0) is 15.0. The smallest absolute Gasteiger partial charge is 0.232 e. The first-order valence-corrected chi connectivity index (χ1v) is 9.37. The lowest BCUT2D eigenvalue weighted by Crippen LogP contribution is -2.20. The Labute approximate surface area is 130 Å². The fraction of sp³-hybridized carbons (Fsp3) is 0.571. The number of aryl methyl sites for hydroxylation is 1. The number of halogens is 1. The van der Waals surface area contributed by atoms with Crippen LogP contribution >= 0.6 is 15.9 Å². The van der Waals surface area contributed by atoms with E-state index in [4.69, 9.17) is 0 Å². The van der Waals surface area contributed by atoms with Gasteiger partial charge in [-0.05, 0) is 66.8 Å². The molecule has 0 aromatic heterocycles. The second kappa shape index (κ2) is 8.64. The van der Waals surface area contributed by atoms with Gasteiger partial charge in [-0.25, -0.2) is 8.42 Å². The lowest BCUT2D eigenvalue weighted by molar-refractivity contribution is 0.590. The average molecular weight is 363 g/mol. The van der Waals surface area contributed by atoms with E-state index in [1.807, 2.05) is 19.1 Å². The van der Waals surface area contributed by atoms with Crippen molar-refractivity contribution in [3.8, 4) is 0 Å². The van der Waals surface area contributed by atoms with Crippen LogP contribution in [0.1, 0.15) is 31.7 Å². The van der Waals surface area contributed by atoms with Gasteiger partial charge in [0.1, 0.15) is 0 Å². The molecule has 0 aliphatic rings. The summed E-state index contributed by atoms with van der Waals surface area (Å²) >= 11 is 3.41. The van der Waals surface area contributed by atoms with E-state index in [0.717, 1.165) is 36.0 Å². The largest absolute Gasteiger partial charge is 0.317 e. The van der Waals surface area contributed by atoms with Crippen molar-refractivity contribution >= 4 is 31.6 Å². The third-order valence-corrected chi connectivity index (χ3v) is 5.31. The maximum Gasteiger partial charge on any atom is 0.232 e. The van der Waals surface area contributed by atoms with E-state index in [2.05, 4.69) is 32.9 Å². The summed E-state index contributed by atoms with van der Waals surface area (Å²) in [6.45, 7) is 5.90. The first-order chi connectivity index (χ1) is 9.46. The Hall–Kier alpha value is -0.590. The van der Waals surface area contributed by atoms with E-state index >= 15 is 0 Å². The monoisotopic (exact) mass is 362 g/mol. The van der Waals surface area contributed by atoms with Gasteiger partial charge in [-0.3, -0.25) is 4.72 Å². The van der Waals surface area contributed by atoms with Crippen molar-refractivity contribution in [3.05, 3.63) is 28.2 Å². The van der Waals surface area contributed by atoms with Gasteiger partial charge in [0.25, 0.3) is 0 Å². The first kappa shape index (κ1) is 17.5. The van der Waals surface area contributed by atoms with Crippen LogP contribution in [0.4, 0.5) is 5.69 Å². The standard InChI is InChI=1S/C14H23BrN2O2S/c1-3-9-16-10-4-5-11-20(18,19)17-13-8-6-7-12(2)14(13)15/h6-8,16-17H,3-5,9-11H2,1-2H3. The molecule has 4 nitrogen and oxygen atoms in total. The Morgan fingerprint density at radius 3 is 2.65 bits per heavy atom. The molecule has 0 atom stereocenters. The van der Waals surface area contributed by atoms with Crippen molar-refractivity contribution in [2.24, 2.45) is 0 Å². The molecule has 0 aliphatic heterocycles. The van der Waals surface area contributed by atoms with Gasteiger partial charge in [0.05, 0.1) is 11.4 Å². The maximum absolute atomic E-state index is 12.0. The van der Waals surface area contributed by atoms with Crippen LogP contribution in [-0.4, -0.2) is 27.3 Å². The lowest BCUT2D eigenvalue weighted by Gasteiger charge is -2.11. The van der Waals surface area contributed by atoms with Crippen LogP contribution in [0, 0.1) is 6.92 Å². The summed E-state index contributed by atoms with van der Waals surface area (Å²) < 4.78 is 27.4. The molecule has 0 saturated carbocycles. The molecule has 1 rings (SSSR count). The highest BCUT2D eigenvalue weighted by molar-refractivity contribution is 9.10. The molecule has 0 unspecified atom stereocenters. The average Bonchev–Trinajstić information content (AvgIpc) is 2.39. The maximum atomic E-state index is 12.0. The summed E-state index contributed by atoms with van der Waals surface area (Å²) in [5.74, 6) is 0.154. The van der Waals surface area contributed by atoms with Gasteiger partial charge in [-0.2, -0.15) is 0 Å². The summed E-state index contributed by atoms with van der Waals surface area (Å²) in [5, 5.41) is 3.26. The predicted octanol–water partition coefficient (Wildman–Crippen LogP) is 3.28. The molecule has 6 heteroatoms. The zero-order valence-corrected chi connectivity index (χ0v) is 14.5. The highest BCUT2D eigenvalue weighted by Crippen LogP contribution is 2.26. The third kappa shape index (κ3) is 6.24. The minimum absolute atomic E-state index is 0.154. The van der Waals surface area contributed by atoms with Crippen molar-refractivity contribution in [1.82, 2.24) is 5.32 Å². The molecule has 0 fully saturated rings. The van der Waals surface area contributed by atoms with Crippen LogP contribution in [0.5, 0.6) is 0 Å². The second-order valence-corrected chi connectivity index (χ2v) is 7.45. The Balaban J connectivity index is 2.43. The van der Waals surface area contributed by atoms with Crippen molar-refractivity contribution in [2.75, 3.05) is 23.6 Å². The quantitative estimate of drug-likeness (QED) is 0.662. The van der Waals surface area contributed by atoms with Crippen LogP contribution in [0.3, 0.4) is 0 Å². The van der Waals surface area contributed by atoms with Crippen molar-refractivity contribution in [3.63, 3.8) is 0 Å². The van der Waals surface area contributed by atoms with Crippen LogP contribution in [0.25, 0.3) is 0 Å². The van der Waals surface area contributed by atoms with E-state index in [0.29, 0.717) is 12.1 Å². The van der Waals surface area contributed by atoms with Crippen LogP contribution in [0.15, 0.2) is 22.7 Å². The van der Waals surface area contributed by atoms with Crippen molar-refractivity contribution in [1.29, 1.82) is 0 Å². The molecule has 20 heavy (non-hydrogen) atoms. The molecular weight excluding hydrogens is 340 g/mol. The summed E-state index contributed by atoms with van der Waals surface area (Å²) in [5.41, 5.74) is 1.61. The van der Waals surface area contributed by atoms with E-state index in [1.165, 1.54) is 0 Å². The summed E-state index contributed by atoms with van der Waals surface area (Å²) in [4.78, 5) is 0. The van der Waals surface area contributed by atoms with Gasteiger partial charge >= 0.3 is 0 Å². The first-order valence-electron chi connectivity index (χ1n) is 6.92. The number of hydrogen-bond donors (Lipinski definition) is 2. The topological polar surface area (TPSA) is 58.2 Å². The highest BCUT2D eigenvalue weighted by Gasteiger charge is 2.12. The van der Waals surface area contributed by atoms with E-state index in [9.17, 15) is 8.42 Å². The van der Waals surface area contributed by atoms with E-state index < -0.39 is 10.0 Å². The Bertz CT molecular complexity index is 518. The molecule has 114 valence electrons. The van der Waals surface area contributed by atoms with E-state index in [1.54, 1.807) is 6.07 Å². The summed E-state index contributed by atoms with van der Waals surface area (Å²) in [7, 11) is -3.27. The third-order valence-electron chi connectivity index (χ3n) is 2.90. The highest BCUT2D eigenvalue weighted by atomic mass is 79.9. The van der Waals surface area contributed by atoms with Gasteiger partial charge < -0.3 is 5.32 Å². The summed E-state index contributed by atoms with van der Waals surface area (Å²) in [6.07, 6.45) is 2.63. The van der Waals surface area contributed by atoms with Gasteiger partial charge in [0.2, 0.25) is 10.0 Å². The molecule has 0 bridgehead atoms. The number of nitrogens with one attached hydrogen (secondary N) is 2. The SMILES string of the molecule is CCCNCCCCS(=O)(=O)Nc1cccc(C)c1Br. The number of rotatable bonds is 9. The van der Waals surface area contributed by atoms with Gasteiger partial charge in [0, 0.05) is 4.47 Å². The molecule has 0 heterocycles. The Morgan fingerprint density at radius 2 is 1.95 bits per heavy atom. The Morgan fingerprint density at radius 1 is 1.20 bits per heavy atom. The minimum Gasteiger partial charge on any atom is -0.317 e. The van der Waals surface area contributed by atoms with Crippen LogP contribution < -0.4 is 10.0 Å². The number of benzene rings is 1. The normalized spacial score (nSPS) is 11.6. The van der Waals surface area contributed by atoms with Crippen molar-refractivity contribution < 1.29 is 8.42 Å². The number of anilines is 1. The summed E-state index contributed by atoms with van der Waals surface area (Å²) in [6, 6.07) is 5.53. The van der Waals surface area contributed by atoms with E-state index in [-0.39, 0.29) is 5.75 Å². The molecule has 0 radical (unpaired) electrons. The number of unbranched alkanes of at least 4 members (excludes halogenated alkanes) is 1. The number of sulfonamides is 1. The molecule has 1 aromatic rings.